The molecule has 0 fully saturated rings. The summed E-state index contributed by atoms with van der Waals surface area (Å²) in [5.41, 5.74) is -0.845. The normalized spacial score (nSPS) is 28.5. The SMILES string of the molecule is CC1(C)C(=O)C(C#N)=CC2(C)c3nc(C(F)(F)F)ncc3CCC12. The van der Waals surface area contributed by atoms with Crippen LogP contribution in [0.2, 0.25) is 0 Å². The van der Waals surface area contributed by atoms with Crippen LogP contribution in [0.3, 0.4) is 0 Å². The molecule has 0 saturated carbocycles. The highest BCUT2D eigenvalue weighted by molar-refractivity contribution is 6.04. The van der Waals surface area contributed by atoms with Crippen LogP contribution in [0.25, 0.3) is 0 Å². The van der Waals surface area contributed by atoms with Crippen LogP contribution in [0, 0.1) is 22.7 Å². The van der Waals surface area contributed by atoms with Gasteiger partial charge in [-0.1, -0.05) is 26.8 Å². The van der Waals surface area contributed by atoms with E-state index in [1.54, 1.807) is 20.8 Å². The zero-order valence-corrected chi connectivity index (χ0v) is 13.5. The molecule has 0 saturated heterocycles. The van der Waals surface area contributed by atoms with Crippen LogP contribution < -0.4 is 0 Å². The lowest BCUT2D eigenvalue weighted by Crippen LogP contribution is -2.51. The lowest BCUT2D eigenvalue weighted by atomic mass is 9.52. The van der Waals surface area contributed by atoms with Gasteiger partial charge in [-0.15, -0.1) is 0 Å². The molecule has 2 aliphatic carbocycles. The molecule has 2 aliphatic rings. The van der Waals surface area contributed by atoms with Gasteiger partial charge in [0.15, 0.2) is 5.78 Å². The first-order valence-electron chi connectivity index (χ1n) is 7.63. The molecule has 0 radical (unpaired) electrons. The maximum Gasteiger partial charge on any atom is 0.451 e. The molecule has 0 spiro atoms. The maximum absolute atomic E-state index is 13.0. The molecule has 7 heteroatoms. The summed E-state index contributed by atoms with van der Waals surface area (Å²) >= 11 is 0. The average Bonchev–Trinajstić information content (AvgIpc) is 2.50. The predicted octanol–water partition coefficient (Wildman–Crippen LogP) is 3.37. The third kappa shape index (κ3) is 2.16. The van der Waals surface area contributed by atoms with E-state index in [0.29, 0.717) is 18.4 Å². The summed E-state index contributed by atoms with van der Waals surface area (Å²) in [7, 11) is 0. The first-order chi connectivity index (χ1) is 11.0. The number of halogens is 3. The summed E-state index contributed by atoms with van der Waals surface area (Å²) in [5, 5.41) is 9.28. The highest BCUT2D eigenvalue weighted by Gasteiger charge is 2.55. The topological polar surface area (TPSA) is 66.6 Å². The van der Waals surface area contributed by atoms with Crippen LogP contribution in [-0.4, -0.2) is 15.8 Å². The van der Waals surface area contributed by atoms with Gasteiger partial charge in [-0.25, -0.2) is 9.97 Å². The van der Waals surface area contributed by atoms with Crippen molar-refractivity contribution in [2.24, 2.45) is 11.3 Å². The Morgan fingerprint density at radius 1 is 1.33 bits per heavy atom. The number of hydrogen-bond donors (Lipinski definition) is 0. The summed E-state index contributed by atoms with van der Waals surface area (Å²) in [6, 6.07) is 1.89. The van der Waals surface area contributed by atoms with Gasteiger partial charge >= 0.3 is 6.18 Å². The Hall–Kier alpha value is -2.23. The van der Waals surface area contributed by atoms with E-state index >= 15 is 0 Å². The number of rotatable bonds is 0. The number of hydrogen-bond acceptors (Lipinski definition) is 4. The number of fused-ring (bicyclic) bond motifs is 3. The van der Waals surface area contributed by atoms with Crippen molar-refractivity contribution in [2.45, 2.75) is 45.2 Å². The smallest absolute Gasteiger partial charge is 0.293 e. The monoisotopic (exact) mass is 335 g/mol. The van der Waals surface area contributed by atoms with Gasteiger partial charge in [0.2, 0.25) is 5.82 Å². The van der Waals surface area contributed by atoms with Gasteiger partial charge in [0.05, 0.1) is 11.3 Å². The molecule has 24 heavy (non-hydrogen) atoms. The minimum Gasteiger partial charge on any atom is -0.293 e. The van der Waals surface area contributed by atoms with Crippen LogP contribution in [0.4, 0.5) is 13.2 Å². The number of nitrogens with zero attached hydrogens (tertiary/aromatic N) is 3. The highest BCUT2D eigenvalue weighted by atomic mass is 19.4. The van der Waals surface area contributed by atoms with Gasteiger partial charge in [-0.2, -0.15) is 18.4 Å². The van der Waals surface area contributed by atoms with Gasteiger partial charge < -0.3 is 0 Å². The van der Waals surface area contributed by atoms with Crippen LogP contribution >= 0.6 is 0 Å². The molecular weight excluding hydrogens is 319 g/mol. The highest BCUT2D eigenvalue weighted by Crippen LogP contribution is 2.54. The molecule has 0 bridgehead atoms. The van der Waals surface area contributed by atoms with E-state index in [2.05, 4.69) is 9.97 Å². The molecule has 0 amide bonds. The lowest BCUT2D eigenvalue weighted by molar-refractivity contribution is -0.145. The van der Waals surface area contributed by atoms with Crippen LogP contribution in [0.1, 0.15) is 44.3 Å². The molecule has 3 rings (SSSR count). The molecule has 4 nitrogen and oxygen atoms in total. The van der Waals surface area contributed by atoms with Crippen LogP contribution in [0.15, 0.2) is 17.8 Å². The fraction of sp³-hybridized carbons (Fsp3) is 0.529. The van der Waals surface area contributed by atoms with E-state index in [1.165, 1.54) is 12.3 Å². The number of alkyl halides is 3. The fourth-order valence-electron chi connectivity index (χ4n) is 4.19. The number of Topliss-reactive ketones (excluding diaryl/α,β-unsaturated/α-hetero) is 1. The number of aromatic nitrogens is 2. The van der Waals surface area contributed by atoms with E-state index in [0.717, 1.165) is 0 Å². The number of carbonyl (C=O) groups excluding carboxylic acids is 1. The number of allylic oxidation sites excluding steroid dienone is 2. The van der Waals surface area contributed by atoms with Gasteiger partial charge in [0.1, 0.15) is 6.07 Å². The molecule has 0 aliphatic heterocycles. The van der Waals surface area contributed by atoms with E-state index < -0.39 is 22.8 Å². The molecule has 1 aromatic heterocycles. The van der Waals surface area contributed by atoms with Crippen molar-refractivity contribution < 1.29 is 18.0 Å². The van der Waals surface area contributed by atoms with Crippen molar-refractivity contribution in [3.8, 4) is 6.07 Å². The molecule has 0 N–H and O–H groups in total. The van der Waals surface area contributed by atoms with Gasteiger partial charge in [0, 0.05) is 17.0 Å². The first-order valence-corrected chi connectivity index (χ1v) is 7.63. The van der Waals surface area contributed by atoms with Crippen molar-refractivity contribution >= 4 is 5.78 Å². The second-order valence-electron chi connectivity index (χ2n) is 7.16. The second kappa shape index (κ2) is 4.88. The molecule has 2 unspecified atom stereocenters. The van der Waals surface area contributed by atoms with Crippen molar-refractivity contribution in [2.75, 3.05) is 0 Å². The molecular formula is C17H16F3N3O. The minimum absolute atomic E-state index is 0.0150. The molecule has 126 valence electrons. The summed E-state index contributed by atoms with van der Waals surface area (Å²) in [4.78, 5) is 19.7. The molecule has 1 aromatic rings. The standard InChI is InChI=1S/C17H16F3N3O/c1-15(2)11-5-4-9-8-22-14(17(18,19)20)23-12(9)16(11,3)6-10(7-21)13(15)24/h6,8,11H,4-5H2,1-3H3. The number of carbonyl (C=O) groups is 1. The van der Waals surface area contributed by atoms with Gasteiger partial charge in [-0.3, -0.25) is 4.79 Å². The number of aryl methyl sites for hydroxylation is 1. The summed E-state index contributed by atoms with van der Waals surface area (Å²) < 4.78 is 39.1. The zero-order valence-electron chi connectivity index (χ0n) is 13.5. The third-order valence-corrected chi connectivity index (χ3v) is 5.32. The average molecular weight is 335 g/mol. The van der Waals surface area contributed by atoms with Crippen molar-refractivity contribution in [1.29, 1.82) is 5.26 Å². The lowest BCUT2D eigenvalue weighted by Gasteiger charge is -2.50. The Labute approximate surface area is 137 Å². The van der Waals surface area contributed by atoms with Crippen molar-refractivity contribution in [3.63, 3.8) is 0 Å². The molecule has 1 heterocycles. The summed E-state index contributed by atoms with van der Waals surface area (Å²) in [6.45, 7) is 5.26. The zero-order chi connectivity index (χ0) is 17.9. The number of nitriles is 1. The Kier molecular flexibility index (Phi) is 3.38. The molecule has 0 aromatic carbocycles. The Balaban J connectivity index is 2.27. The van der Waals surface area contributed by atoms with Gasteiger partial charge in [0.25, 0.3) is 0 Å². The molecule has 2 atom stereocenters. The summed E-state index contributed by atoms with van der Waals surface area (Å²) in [5.74, 6) is -1.68. The predicted molar refractivity (Wildman–Crippen MR) is 78.7 cm³/mol. The van der Waals surface area contributed by atoms with Crippen LogP contribution in [-0.2, 0) is 22.8 Å². The summed E-state index contributed by atoms with van der Waals surface area (Å²) in [6.07, 6.45) is -0.779. The Morgan fingerprint density at radius 2 is 2.00 bits per heavy atom. The van der Waals surface area contributed by atoms with E-state index in [9.17, 15) is 23.2 Å². The third-order valence-electron chi connectivity index (χ3n) is 5.32. The minimum atomic E-state index is -4.64. The van der Waals surface area contributed by atoms with Gasteiger partial charge in [-0.05, 0) is 24.3 Å². The van der Waals surface area contributed by atoms with E-state index in [-0.39, 0.29) is 23.0 Å². The Bertz CT molecular complexity index is 804. The first kappa shape index (κ1) is 16.6. The second-order valence-corrected chi connectivity index (χ2v) is 7.16. The van der Waals surface area contributed by atoms with Crippen molar-refractivity contribution in [3.05, 3.63) is 34.9 Å². The largest absolute Gasteiger partial charge is 0.451 e. The Morgan fingerprint density at radius 3 is 2.58 bits per heavy atom. The van der Waals surface area contributed by atoms with E-state index in [4.69, 9.17) is 0 Å². The number of ketones is 1. The quantitative estimate of drug-likeness (QED) is 0.729. The van der Waals surface area contributed by atoms with Crippen molar-refractivity contribution in [1.82, 2.24) is 9.97 Å². The van der Waals surface area contributed by atoms with E-state index in [1.807, 2.05) is 6.07 Å². The maximum atomic E-state index is 13.0. The van der Waals surface area contributed by atoms with Crippen LogP contribution in [0.5, 0.6) is 0 Å². The fourth-order valence-corrected chi connectivity index (χ4v) is 4.19.